The lowest BCUT2D eigenvalue weighted by Crippen LogP contribution is -2.02. The average molecular weight is 230 g/mol. The topological polar surface area (TPSA) is 66.0 Å². The molecule has 4 nitrogen and oxygen atoms in total. The standard InChI is InChI=1S/C13H14N2O2/c1-8(2)9-3-4-12(16)11(5-9)13(17)10-6-14-15-7-10/h3-8,16H,1-2H3,(H,14,15). The monoisotopic (exact) mass is 230 g/mol. The van der Waals surface area contributed by atoms with Gasteiger partial charge in [-0.2, -0.15) is 5.10 Å². The Labute approximate surface area is 99.3 Å². The predicted octanol–water partition coefficient (Wildman–Crippen LogP) is 2.47. The van der Waals surface area contributed by atoms with Gasteiger partial charge in [-0.05, 0) is 23.6 Å². The van der Waals surface area contributed by atoms with Crippen LogP contribution in [-0.2, 0) is 0 Å². The maximum absolute atomic E-state index is 12.1. The normalized spacial score (nSPS) is 10.8. The number of aromatic nitrogens is 2. The number of ketones is 1. The zero-order valence-corrected chi connectivity index (χ0v) is 9.77. The van der Waals surface area contributed by atoms with E-state index in [-0.39, 0.29) is 11.5 Å². The van der Waals surface area contributed by atoms with Crippen LogP contribution in [-0.4, -0.2) is 21.1 Å². The molecule has 0 aliphatic heterocycles. The van der Waals surface area contributed by atoms with Gasteiger partial charge < -0.3 is 5.11 Å². The highest BCUT2D eigenvalue weighted by Gasteiger charge is 2.15. The Morgan fingerprint density at radius 1 is 1.41 bits per heavy atom. The number of nitrogens with zero attached hydrogens (tertiary/aromatic N) is 1. The molecule has 17 heavy (non-hydrogen) atoms. The molecule has 88 valence electrons. The van der Waals surface area contributed by atoms with Crippen molar-refractivity contribution in [1.82, 2.24) is 10.2 Å². The molecular weight excluding hydrogens is 216 g/mol. The van der Waals surface area contributed by atoms with Crippen molar-refractivity contribution in [3.8, 4) is 5.75 Å². The molecule has 2 rings (SSSR count). The van der Waals surface area contributed by atoms with E-state index in [1.54, 1.807) is 12.1 Å². The number of aromatic amines is 1. The minimum absolute atomic E-state index is 0.000556. The molecule has 0 spiro atoms. The Bertz CT molecular complexity index is 530. The van der Waals surface area contributed by atoms with Gasteiger partial charge in [0.15, 0.2) is 5.78 Å². The minimum atomic E-state index is -0.223. The number of nitrogens with one attached hydrogen (secondary N) is 1. The number of hydrogen-bond acceptors (Lipinski definition) is 3. The van der Waals surface area contributed by atoms with Crippen molar-refractivity contribution in [2.75, 3.05) is 0 Å². The van der Waals surface area contributed by atoms with Gasteiger partial charge in [-0.1, -0.05) is 19.9 Å². The van der Waals surface area contributed by atoms with E-state index in [9.17, 15) is 9.90 Å². The lowest BCUT2D eigenvalue weighted by atomic mass is 9.97. The molecule has 0 aliphatic carbocycles. The molecule has 0 saturated carbocycles. The van der Waals surface area contributed by atoms with Crippen LogP contribution in [0.2, 0.25) is 0 Å². The largest absolute Gasteiger partial charge is 0.507 e. The number of benzene rings is 1. The number of hydrogen-bond donors (Lipinski definition) is 2. The van der Waals surface area contributed by atoms with E-state index in [0.717, 1.165) is 5.56 Å². The maximum Gasteiger partial charge on any atom is 0.199 e. The van der Waals surface area contributed by atoms with E-state index in [1.807, 2.05) is 19.9 Å². The summed E-state index contributed by atoms with van der Waals surface area (Å²) < 4.78 is 0. The third-order valence-corrected chi connectivity index (χ3v) is 2.69. The molecular formula is C13H14N2O2. The number of H-pyrrole nitrogens is 1. The highest BCUT2D eigenvalue weighted by Crippen LogP contribution is 2.25. The quantitative estimate of drug-likeness (QED) is 0.796. The Kier molecular flexibility index (Phi) is 2.95. The molecule has 2 N–H and O–H groups in total. The second-order valence-electron chi connectivity index (χ2n) is 4.25. The summed E-state index contributed by atoms with van der Waals surface area (Å²) in [6, 6.07) is 5.12. The molecule has 1 aromatic carbocycles. The molecule has 0 amide bonds. The lowest BCUT2D eigenvalue weighted by molar-refractivity contribution is 0.103. The molecule has 0 fully saturated rings. The molecule has 1 aromatic heterocycles. The van der Waals surface area contributed by atoms with Crippen molar-refractivity contribution in [3.63, 3.8) is 0 Å². The SMILES string of the molecule is CC(C)c1ccc(O)c(C(=O)c2cn[nH]c2)c1. The van der Waals surface area contributed by atoms with Gasteiger partial charge in [0.1, 0.15) is 5.75 Å². The summed E-state index contributed by atoms with van der Waals surface area (Å²) in [6.07, 6.45) is 2.97. The summed E-state index contributed by atoms with van der Waals surface area (Å²) in [5.41, 5.74) is 1.79. The first kappa shape index (κ1) is 11.4. The Morgan fingerprint density at radius 3 is 2.76 bits per heavy atom. The van der Waals surface area contributed by atoms with E-state index in [1.165, 1.54) is 12.4 Å². The highest BCUT2D eigenvalue weighted by molar-refractivity contribution is 6.10. The van der Waals surface area contributed by atoms with Gasteiger partial charge >= 0.3 is 0 Å². The summed E-state index contributed by atoms with van der Waals surface area (Å²) in [7, 11) is 0. The molecule has 0 saturated heterocycles. The molecule has 2 aromatic rings. The molecule has 0 atom stereocenters. The summed E-state index contributed by atoms with van der Waals surface area (Å²) in [6.45, 7) is 4.08. The van der Waals surface area contributed by atoms with E-state index in [4.69, 9.17) is 0 Å². The van der Waals surface area contributed by atoms with Crippen molar-refractivity contribution >= 4 is 5.78 Å². The number of carbonyl (C=O) groups excluding carboxylic acids is 1. The van der Waals surface area contributed by atoms with Crippen molar-refractivity contribution in [2.24, 2.45) is 0 Å². The zero-order valence-electron chi connectivity index (χ0n) is 9.77. The number of phenols is 1. The van der Waals surface area contributed by atoms with Gasteiger partial charge in [-0.15, -0.1) is 0 Å². The van der Waals surface area contributed by atoms with Crippen molar-refractivity contribution in [1.29, 1.82) is 0 Å². The molecule has 1 heterocycles. The van der Waals surface area contributed by atoms with Gasteiger partial charge in [0.05, 0.1) is 17.3 Å². The molecule has 0 radical (unpaired) electrons. The Hall–Kier alpha value is -2.10. The summed E-state index contributed by atoms with van der Waals surface area (Å²) >= 11 is 0. The molecule has 0 unspecified atom stereocenters. The summed E-state index contributed by atoms with van der Waals surface area (Å²) in [5.74, 6) is 0.0887. The van der Waals surface area contributed by atoms with Gasteiger partial charge in [0.2, 0.25) is 0 Å². The van der Waals surface area contributed by atoms with Gasteiger partial charge in [-0.25, -0.2) is 0 Å². The fourth-order valence-corrected chi connectivity index (χ4v) is 1.63. The first-order valence-corrected chi connectivity index (χ1v) is 5.46. The van der Waals surface area contributed by atoms with E-state index in [2.05, 4.69) is 10.2 Å². The second kappa shape index (κ2) is 4.41. The number of aromatic hydroxyl groups is 1. The highest BCUT2D eigenvalue weighted by atomic mass is 16.3. The number of carbonyl (C=O) groups is 1. The van der Waals surface area contributed by atoms with E-state index >= 15 is 0 Å². The fraction of sp³-hybridized carbons (Fsp3) is 0.231. The molecule has 0 aliphatic rings. The van der Waals surface area contributed by atoms with Crippen LogP contribution in [0.3, 0.4) is 0 Å². The van der Waals surface area contributed by atoms with Crippen LogP contribution in [0.25, 0.3) is 0 Å². The van der Waals surface area contributed by atoms with Gasteiger partial charge in [-0.3, -0.25) is 9.89 Å². The van der Waals surface area contributed by atoms with Crippen LogP contribution in [0, 0.1) is 0 Å². The first-order valence-electron chi connectivity index (χ1n) is 5.46. The van der Waals surface area contributed by atoms with E-state index in [0.29, 0.717) is 17.0 Å². The number of rotatable bonds is 3. The Morgan fingerprint density at radius 2 is 2.18 bits per heavy atom. The second-order valence-corrected chi connectivity index (χ2v) is 4.25. The van der Waals surface area contributed by atoms with Crippen LogP contribution in [0.5, 0.6) is 5.75 Å². The van der Waals surface area contributed by atoms with Crippen LogP contribution < -0.4 is 0 Å². The molecule has 0 bridgehead atoms. The van der Waals surface area contributed by atoms with Crippen LogP contribution in [0.4, 0.5) is 0 Å². The third-order valence-electron chi connectivity index (χ3n) is 2.69. The molecule has 4 heteroatoms. The number of phenolic OH excluding ortho intramolecular Hbond substituents is 1. The van der Waals surface area contributed by atoms with Crippen molar-refractivity contribution in [3.05, 3.63) is 47.3 Å². The fourth-order valence-electron chi connectivity index (χ4n) is 1.63. The smallest absolute Gasteiger partial charge is 0.199 e. The maximum atomic E-state index is 12.1. The average Bonchev–Trinajstić information content (AvgIpc) is 2.81. The van der Waals surface area contributed by atoms with Crippen LogP contribution in [0.15, 0.2) is 30.6 Å². The first-order chi connectivity index (χ1) is 8.09. The van der Waals surface area contributed by atoms with Gasteiger partial charge in [0, 0.05) is 6.20 Å². The Balaban J connectivity index is 2.44. The third kappa shape index (κ3) is 2.20. The van der Waals surface area contributed by atoms with Crippen molar-refractivity contribution < 1.29 is 9.90 Å². The lowest BCUT2D eigenvalue weighted by Gasteiger charge is -2.08. The minimum Gasteiger partial charge on any atom is -0.507 e. The van der Waals surface area contributed by atoms with Crippen LogP contribution in [0.1, 0.15) is 41.3 Å². The van der Waals surface area contributed by atoms with Crippen LogP contribution >= 0.6 is 0 Å². The van der Waals surface area contributed by atoms with Crippen molar-refractivity contribution in [2.45, 2.75) is 19.8 Å². The van der Waals surface area contributed by atoms with Gasteiger partial charge in [0.25, 0.3) is 0 Å². The zero-order chi connectivity index (χ0) is 12.4. The summed E-state index contributed by atoms with van der Waals surface area (Å²) in [5, 5.41) is 16.0. The predicted molar refractivity (Wildman–Crippen MR) is 64.2 cm³/mol. The van der Waals surface area contributed by atoms with E-state index < -0.39 is 0 Å². The summed E-state index contributed by atoms with van der Waals surface area (Å²) in [4.78, 5) is 12.1.